The highest BCUT2D eigenvalue weighted by molar-refractivity contribution is 6.33. The van der Waals surface area contributed by atoms with Gasteiger partial charge in [-0.05, 0) is 43.9 Å². The normalized spacial score (nSPS) is 14.2. The number of methoxy groups -OCH3 is 1. The van der Waals surface area contributed by atoms with Gasteiger partial charge in [0.05, 0.1) is 23.5 Å². The van der Waals surface area contributed by atoms with Crippen LogP contribution in [0.3, 0.4) is 0 Å². The van der Waals surface area contributed by atoms with Crippen LogP contribution in [0.25, 0.3) is 11.3 Å². The molecule has 0 N–H and O–H groups in total. The van der Waals surface area contributed by atoms with E-state index in [1.807, 2.05) is 0 Å². The summed E-state index contributed by atoms with van der Waals surface area (Å²) in [6.45, 7) is 2.48. The average molecular weight is 323 g/mol. The molecule has 22 heavy (non-hydrogen) atoms. The number of aryl methyl sites for hydroxylation is 1. The zero-order valence-electron chi connectivity index (χ0n) is 12.4. The van der Waals surface area contributed by atoms with Gasteiger partial charge in [-0.3, -0.25) is 4.68 Å². The van der Waals surface area contributed by atoms with Crippen molar-refractivity contribution in [2.45, 2.75) is 26.3 Å². The van der Waals surface area contributed by atoms with Crippen molar-refractivity contribution < 1.29 is 13.9 Å². The lowest BCUT2D eigenvalue weighted by molar-refractivity contribution is 0.0600. The third-order valence-corrected chi connectivity index (χ3v) is 4.14. The van der Waals surface area contributed by atoms with Gasteiger partial charge in [0.1, 0.15) is 11.4 Å². The average Bonchev–Trinajstić information content (AvgIpc) is 3.22. The molecule has 0 spiro atoms. The molecule has 1 aromatic carbocycles. The molecule has 0 saturated heterocycles. The van der Waals surface area contributed by atoms with Crippen molar-refractivity contribution in [1.82, 2.24) is 9.78 Å². The molecule has 1 aromatic heterocycles. The van der Waals surface area contributed by atoms with Gasteiger partial charge in [-0.1, -0.05) is 11.6 Å². The summed E-state index contributed by atoms with van der Waals surface area (Å²) in [6.07, 6.45) is 2.31. The van der Waals surface area contributed by atoms with Gasteiger partial charge in [0, 0.05) is 12.1 Å². The molecule has 0 bridgehead atoms. The molecular formula is C16H16ClFN2O2. The number of rotatable bonds is 4. The number of halogens is 2. The highest BCUT2D eigenvalue weighted by Crippen LogP contribution is 2.36. The van der Waals surface area contributed by atoms with Crippen LogP contribution in [0.4, 0.5) is 4.39 Å². The molecule has 1 aliphatic carbocycles. The minimum absolute atomic E-state index is 0.252. The number of hydrogen-bond donors (Lipinski definition) is 0. The second-order valence-electron chi connectivity index (χ2n) is 5.55. The molecule has 116 valence electrons. The van der Waals surface area contributed by atoms with E-state index in [-0.39, 0.29) is 5.02 Å². The van der Waals surface area contributed by atoms with E-state index in [9.17, 15) is 9.18 Å². The molecule has 2 aromatic rings. The number of hydrogen-bond acceptors (Lipinski definition) is 3. The van der Waals surface area contributed by atoms with Crippen LogP contribution in [-0.2, 0) is 11.3 Å². The molecule has 1 heterocycles. The van der Waals surface area contributed by atoms with Crippen molar-refractivity contribution in [3.05, 3.63) is 40.3 Å². The standard InChI is InChI=1S/C16H16ClFN2O2/c1-9-14(16(21)22-2)15(20(19-9)8-10-3-4-10)12-6-5-11(18)7-13(12)17/h5-7,10H,3-4,8H2,1-2H3. The fourth-order valence-electron chi connectivity index (χ4n) is 2.56. The van der Waals surface area contributed by atoms with Crippen molar-refractivity contribution >= 4 is 17.6 Å². The summed E-state index contributed by atoms with van der Waals surface area (Å²) < 4.78 is 20.0. The van der Waals surface area contributed by atoms with Gasteiger partial charge in [0.15, 0.2) is 0 Å². The summed E-state index contributed by atoms with van der Waals surface area (Å²) in [6, 6.07) is 4.14. The van der Waals surface area contributed by atoms with Crippen LogP contribution in [0.2, 0.25) is 5.02 Å². The quantitative estimate of drug-likeness (QED) is 0.803. The van der Waals surface area contributed by atoms with Crippen molar-refractivity contribution in [3.63, 3.8) is 0 Å². The molecule has 4 nitrogen and oxygen atoms in total. The molecule has 1 saturated carbocycles. The Morgan fingerprint density at radius 1 is 1.50 bits per heavy atom. The minimum Gasteiger partial charge on any atom is -0.465 e. The van der Waals surface area contributed by atoms with Crippen LogP contribution < -0.4 is 0 Å². The first-order chi connectivity index (χ1) is 10.5. The molecule has 0 aliphatic heterocycles. The summed E-state index contributed by atoms with van der Waals surface area (Å²) in [5.74, 6) is -0.309. The number of esters is 1. The third kappa shape index (κ3) is 2.73. The summed E-state index contributed by atoms with van der Waals surface area (Å²) >= 11 is 6.18. The Bertz CT molecular complexity index is 738. The highest BCUT2D eigenvalue weighted by Gasteiger charge is 2.29. The van der Waals surface area contributed by atoms with Gasteiger partial charge in [-0.15, -0.1) is 0 Å². The first-order valence-corrected chi connectivity index (χ1v) is 7.50. The van der Waals surface area contributed by atoms with Gasteiger partial charge in [0.2, 0.25) is 0 Å². The number of carbonyl (C=O) groups excluding carboxylic acids is 1. The predicted molar refractivity (Wildman–Crippen MR) is 81.4 cm³/mol. The van der Waals surface area contributed by atoms with E-state index in [1.165, 1.54) is 19.2 Å². The third-order valence-electron chi connectivity index (χ3n) is 3.83. The van der Waals surface area contributed by atoms with Gasteiger partial charge < -0.3 is 4.74 Å². The second-order valence-corrected chi connectivity index (χ2v) is 5.96. The van der Waals surface area contributed by atoms with Crippen molar-refractivity contribution in [1.29, 1.82) is 0 Å². The fraction of sp³-hybridized carbons (Fsp3) is 0.375. The Balaban J connectivity index is 2.18. The molecule has 3 rings (SSSR count). The Labute approximate surface area is 132 Å². The lowest BCUT2D eigenvalue weighted by atomic mass is 10.1. The Hall–Kier alpha value is -1.88. The van der Waals surface area contributed by atoms with Crippen LogP contribution in [-0.4, -0.2) is 22.9 Å². The minimum atomic E-state index is -0.463. The highest BCUT2D eigenvalue weighted by atomic mass is 35.5. The van der Waals surface area contributed by atoms with E-state index in [1.54, 1.807) is 17.7 Å². The molecule has 0 atom stereocenters. The lowest BCUT2D eigenvalue weighted by Gasteiger charge is -2.10. The summed E-state index contributed by atoms with van der Waals surface area (Å²) in [4.78, 5) is 12.1. The van der Waals surface area contributed by atoms with Crippen LogP contribution in [0.5, 0.6) is 0 Å². The van der Waals surface area contributed by atoms with Crippen LogP contribution in [0, 0.1) is 18.7 Å². The van der Waals surface area contributed by atoms with Crippen molar-refractivity contribution in [2.75, 3.05) is 7.11 Å². The molecule has 0 amide bonds. The van der Waals surface area contributed by atoms with Crippen LogP contribution >= 0.6 is 11.6 Å². The first-order valence-electron chi connectivity index (χ1n) is 7.12. The predicted octanol–water partition coefficient (Wildman–Crippen LogP) is 3.85. The van der Waals surface area contributed by atoms with Crippen molar-refractivity contribution in [2.24, 2.45) is 5.92 Å². The maximum absolute atomic E-state index is 13.3. The Morgan fingerprint density at radius 3 is 2.82 bits per heavy atom. The number of carbonyl (C=O) groups is 1. The number of aromatic nitrogens is 2. The SMILES string of the molecule is COC(=O)c1c(C)nn(CC2CC2)c1-c1ccc(F)cc1Cl. The Morgan fingerprint density at radius 2 is 2.23 bits per heavy atom. The summed E-state index contributed by atoms with van der Waals surface area (Å²) in [5.41, 5.74) is 2.16. The number of benzene rings is 1. The van der Waals surface area contributed by atoms with Crippen molar-refractivity contribution in [3.8, 4) is 11.3 Å². The molecule has 1 fully saturated rings. The summed E-state index contributed by atoms with van der Waals surface area (Å²) in [7, 11) is 1.33. The van der Waals surface area contributed by atoms with Gasteiger partial charge in [-0.2, -0.15) is 5.10 Å². The van der Waals surface area contributed by atoms with E-state index in [2.05, 4.69) is 5.10 Å². The van der Waals surface area contributed by atoms with E-state index >= 15 is 0 Å². The second kappa shape index (κ2) is 5.72. The molecule has 6 heteroatoms. The molecule has 0 radical (unpaired) electrons. The zero-order chi connectivity index (χ0) is 15.9. The number of ether oxygens (including phenoxy) is 1. The topological polar surface area (TPSA) is 44.1 Å². The van der Waals surface area contributed by atoms with E-state index < -0.39 is 11.8 Å². The van der Waals surface area contributed by atoms with E-state index in [0.29, 0.717) is 28.4 Å². The maximum atomic E-state index is 13.3. The van der Waals surface area contributed by atoms with Crippen LogP contribution in [0.15, 0.2) is 18.2 Å². The number of nitrogens with zero attached hydrogens (tertiary/aromatic N) is 2. The smallest absolute Gasteiger partial charge is 0.342 e. The fourth-order valence-corrected chi connectivity index (χ4v) is 2.82. The zero-order valence-corrected chi connectivity index (χ0v) is 13.2. The monoisotopic (exact) mass is 322 g/mol. The first kappa shape index (κ1) is 15.0. The van der Waals surface area contributed by atoms with Gasteiger partial charge in [-0.25, -0.2) is 9.18 Å². The molecular weight excluding hydrogens is 307 g/mol. The maximum Gasteiger partial charge on any atom is 0.342 e. The summed E-state index contributed by atoms with van der Waals surface area (Å²) in [5, 5.41) is 4.72. The van der Waals surface area contributed by atoms with Crippen LogP contribution in [0.1, 0.15) is 28.9 Å². The molecule has 1 aliphatic rings. The largest absolute Gasteiger partial charge is 0.465 e. The molecule has 0 unspecified atom stereocenters. The van der Waals surface area contributed by atoms with E-state index in [0.717, 1.165) is 19.4 Å². The lowest BCUT2D eigenvalue weighted by Crippen LogP contribution is -2.08. The van der Waals surface area contributed by atoms with Gasteiger partial charge >= 0.3 is 5.97 Å². The Kier molecular flexibility index (Phi) is 3.91. The van der Waals surface area contributed by atoms with Gasteiger partial charge in [0.25, 0.3) is 0 Å². The van der Waals surface area contributed by atoms with E-state index in [4.69, 9.17) is 16.3 Å².